The van der Waals surface area contributed by atoms with Crippen LogP contribution in [0.25, 0.3) is 0 Å². The van der Waals surface area contributed by atoms with Gasteiger partial charge in [-0.05, 0) is 32.1 Å². The molecule has 0 amide bonds. The van der Waals surface area contributed by atoms with Gasteiger partial charge in [0.05, 0.1) is 12.7 Å². The average Bonchev–Trinajstić information content (AvgIpc) is 2.47. The standard InChI is InChI=1S/C11H21NO2/c13-8-7-12(9-3-1-4-9)10-5-2-6-11(10)14/h9-11,13-14H,1-8H2. The number of hydrogen-bond donors (Lipinski definition) is 2. The molecule has 3 nitrogen and oxygen atoms in total. The average molecular weight is 199 g/mol. The van der Waals surface area contributed by atoms with E-state index in [1.807, 2.05) is 0 Å². The molecular formula is C11H21NO2. The summed E-state index contributed by atoms with van der Waals surface area (Å²) in [6.07, 6.45) is 6.86. The molecule has 0 aromatic carbocycles. The van der Waals surface area contributed by atoms with E-state index in [1.54, 1.807) is 0 Å². The molecular weight excluding hydrogens is 178 g/mol. The molecule has 0 bridgehead atoms. The number of nitrogens with zero attached hydrogens (tertiary/aromatic N) is 1. The van der Waals surface area contributed by atoms with Crippen LogP contribution < -0.4 is 0 Å². The van der Waals surface area contributed by atoms with Crippen molar-refractivity contribution in [1.29, 1.82) is 0 Å². The highest BCUT2D eigenvalue weighted by molar-refractivity contribution is 4.91. The number of aliphatic hydroxyl groups is 2. The van der Waals surface area contributed by atoms with Crippen LogP contribution in [0.1, 0.15) is 38.5 Å². The van der Waals surface area contributed by atoms with Crippen molar-refractivity contribution >= 4 is 0 Å². The molecule has 0 spiro atoms. The topological polar surface area (TPSA) is 43.7 Å². The molecule has 0 saturated heterocycles. The van der Waals surface area contributed by atoms with E-state index in [-0.39, 0.29) is 12.7 Å². The van der Waals surface area contributed by atoms with Crippen molar-refractivity contribution in [2.75, 3.05) is 13.2 Å². The predicted octanol–water partition coefficient (Wildman–Crippen LogP) is 0.747. The Labute approximate surface area is 85.7 Å². The zero-order valence-corrected chi connectivity index (χ0v) is 8.73. The van der Waals surface area contributed by atoms with Gasteiger partial charge in [0.25, 0.3) is 0 Å². The first-order valence-corrected chi connectivity index (χ1v) is 5.87. The van der Waals surface area contributed by atoms with Gasteiger partial charge in [-0.15, -0.1) is 0 Å². The zero-order chi connectivity index (χ0) is 9.97. The lowest BCUT2D eigenvalue weighted by molar-refractivity contribution is 0.00759. The summed E-state index contributed by atoms with van der Waals surface area (Å²) in [4.78, 5) is 2.35. The summed E-state index contributed by atoms with van der Waals surface area (Å²) in [5.74, 6) is 0. The van der Waals surface area contributed by atoms with E-state index in [0.29, 0.717) is 12.1 Å². The Morgan fingerprint density at radius 3 is 2.21 bits per heavy atom. The van der Waals surface area contributed by atoms with Crippen LogP contribution in [-0.4, -0.2) is 46.5 Å². The third-order valence-corrected chi connectivity index (χ3v) is 3.77. The summed E-state index contributed by atoms with van der Waals surface area (Å²) in [6.45, 7) is 0.964. The van der Waals surface area contributed by atoms with Crippen molar-refractivity contribution in [3.8, 4) is 0 Å². The molecule has 14 heavy (non-hydrogen) atoms. The third kappa shape index (κ3) is 1.95. The second-order valence-corrected chi connectivity index (χ2v) is 4.61. The lowest BCUT2D eigenvalue weighted by Gasteiger charge is -2.42. The fourth-order valence-electron chi connectivity index (χ4n) is 2.76. The Hall–Kier alpha value is -0.120. The van der Waals surface area contributed by atoms with Gasteiger partial charge < -0.3 is 10.2 Å². The van der Waals surface area contributed by atoms with Gasteiger partial charge in [0.1, 0.15) is 0 Å². The van der Waals surface area contributed by atoms with Crippen LogP contribution in [0.2, 0.25) is 0 Å². The smallest absolute Gasteiger partial charge is 0.0695 e. The molecule has 2 aliphatic carbocycles. The van der Waals surface area contributed by atoms with Crippen LogP contribution >= 0.6 is 0 Å². The second kappa shape index (κ2) is 4.60. The highest BCUT2D eigenvalue weighted by Gasteiger charge is 2.36. The minimum absolute atomic E-state index is 0.151. The number of aliphatic hydroxyl groups excluding tert-OH is 2. The molecule has 0 aromatic heterocycles. The number of hydrogen-bond acceptors (Lipinski definition) is 3. The van der Waals surface area contributed by atoms with Crippen molar-refractivity contribution in [2.45, 2.75) is 56.7 Å². The highest BCUT2D eigenvalue weighted by atomic mass is 16.3. The summed E-state index contributed by atoms with van der Waals surface area (Å²) in [5.41, 5.74) is 0. The van der Waals surface area contributed by atoms with Gasteiger partial charge in [-0.2, -0.15) is 0 Å². The molecule has 3 heteroatoms. The van der Waals surface area contributed by atoms with Crippen molar-refractivity contribution in [3.05, 3.63) is 0 Å². The minimum atomic E-state index is -0.151. The SMILES string of the molecule is OCCN(C1CCC1)C1CCCC1O. The maximum atomic E-state index is 9.83. The molecule has 2 saturated carbocycles. The van der Waals surface area contributed by atoms with E-state index in [4.69, 9.17) is 5.11 Å². The molecule has 2 unspecified atom stereocenters. The summed E-state index contributed by atoms with van der Waals surface area (Å²) in [6, 6.07) is 0.965. The Balaban J connectivity index is 1.93. The van der Waals surface area contributed by atoms with E-state index in [9.17, 15) is 5.11 Å². The Morgan fingerprint density at radius 2 is 1.79 bits per heavy atom. The lowest BCUT2D eigenvalue weighted by atomic mass is 9.90. The van der Waals surface area contributed by atoms with Crippen LogP contribution in [0.5, 0.6) is 0 Å². The molecule has 82 valence electrons. The molecule has 0 aliphatic heterocycles. The maximum Gasteiger partial charge on any atom is 0.0695 e. The normalized spacial score (nSPS) is 33.6. The van der Waals surface area contributed by atoms with Gasteiger partial charge in [0.2, 0.25) is 0 Å². The van der Waals surface area contributed by atoms with E-state index in [0.717, 1.165) is 25.8 Å². The molecule has 0 radical (unpaired) electrons. The van der Waals surface area contributed by atoms with Crippen LogP contribution in [0.3, 0.4) is 0 Å². The Bertz CT molecular complexity index is 182. The molecule has 2 aliphatic rings. The van der Waals surface area contributed by atoms with Gasteiger partial charge in [0.15, 0.2) is 0 Å². The maximum absolute atomic E-state index is 9.83. The fourth-order valence-corrected chi connectivity index (χ4v) is 2.76. The van der Waals surface area contributed by atoms with Gasteiger partial charge in [-0.3, -0.25) is 4.90 Å². The van der Waals surface area contributed by atoms with E-state index >= 15 is 0 Å². The van der Waals surface area contributed by atoms with E-state index < -0.39 is 0 Å². The van der Waals surface area contributed by atoms with Crippen LogP contribution in [0.4, 0.5) is 0 Å². The van der Waals surface area contributed by atoms with Crippen LogP contribution in [0.15, 0.2) is 0 Å². The summed E-state index contributed by atoms with van der Waals surface area (Å²) < 4.78 is 0. The zero-order valence-electron chi connectivity index (χ0n) is 8.73. The van der Waals surface area contributed by atoms with Crippen LogP contribution in [0, 0.1) is 0 Å². The molecule has 2 atom stereocenters. The van der Waals surface area contributed by atoms with Gasteiger partial charge >= 0.3 is 0 Å². The van der Waals surface area contributed by atoms with E-state index in [1.165, 1.54) is 19.3 Å². The molecule has 2 N–H and O–H groups in total. The molecule has 0 aromatic rings. The van der Waals surface area contributed by atoms with E-state index in [2.05, 4.69) is 4.90 Å². The molecule has 0 heterocycles. The van der Waals surface area contributed by atoms with Gasteiger partial charge in [-0.1, -0.05) is 6.42 Å². The largest absolute Gasteiger partial charge is 0.395 e. The monoisotopic (exact) mass is 199 g/mol. The minimum Gasteiger partial charge on any atom is -0.395 e. The summed E-state index contributed by atoms with van der Waals surface area (Å²) in [5, 5.41) is 18.9. The second-order valence-electron chi connectivity index (χ2n) is 4.61. The first kappa shape index (κ1) is 10.4. The Morgan fingerprint density at radius 1 is 1.07 bits per heavy atom. The van der Waals surface area contributed by atoms with Crippen molar-refractivity contribution in [1.82, 2.24) is 4.90 Å². The fraction of sp³-hybridized carbons (Fsp3) is 1.00. The van der Waals surface area contributed by atoms with Gasteiger partial charge in [0, 0.05) is 18.6 Å². The van der Waals surface area contributed by atoms with Crippen LogP contribution in [-0.2, 0) is 0 Å². The lowest BCUT2D eigenvalue weighted by Crippen LogP contribution is -2.50. The molecule has 2 fully saturated rings. The third-order valence-electron chi connectivity index (χ3n) is 3.77. The quantitative estimate of drug-likeness (QED) is 0.702. The van der Waals surface area contributed by atoms with Crippen molar-refractivity contribution in [2.24, 2.45) is 0 Å². The van der Waals surface area contributed by atoms with Crippen molar-refractivity contribution in [3.63, 3.8) is 0 Å². The Kier molecular flexibility index (Phi) is 3.42. The van der Waals surface area contributed by atoms with Crippen molar-refractivity contribution < 1.29 is 10.2 Å². The predicted molar refractivity (Wildman–Crippen MR) is 55.1 cm³/mol. The molecule has 2 rings (SSSR count). The highest BCUT2D eigenvalue weighted by Crippen LogP contribution is 2.32. The van der Waals surface area contributed by atoms with Gasteiger partial charge in [-0.25, -0.2) is 0 Å². The first-order chi connectivity index (χ1) is 6.83. The summed E-state index contributed by atoms with van der Waals surface area (Å²) in [7, 11) is 0. The summed E-state index contributed by atoms with van der Waals surface area (Å²) >= 11 is 0. The first-order valence-electron chi connectivity index (χ1n) is 5.87. The number of rotatable bonds is 4.